The van der Waals surface area contributed by atoms with Crippen molar-refractivity contribution in [2.45, 2.75) is 12.8 Å². The third-order valence-corrected chi connectivity index (χ3v) is 3.47. The molecule has 1 aromatic carbocycles. The van der Waals surface area contributed by atoms with Crippen LogP contribution in [0.5, 0.6) is 0 Å². The van der Waals surface area contributed by atoms with E-state index in [-0.39, 0.29) is 5.91 Å². The summed E-state index contributed by atoms with van der Waals surface area (Å²) < 4.78 is 0. The predicted molar refractivity (Wildman–Crippen MR) is 71.3 cm³/mol. The van der Waals surface area contributed by atoms with Crippen LogP contribution in [0.25, 0.3) is 6.08 Å². The molecule has 1 fully saturated rings. The summed E-state index contributed by atoms with van der Waals surface area (Å²) in [4.78, 5) is 13.6. The van der Waals surface area contributed by atoms with Crippen LogP contribution in [0.3, 0.4) is 0 Å². The summed E-state index contributed by atoms with van der Waals surface area (Å²) in [6.07, 6.45) is 5.41. The lowest BCUT2D eigenvalue weighted by molar-refractivity contribution is -0.124. The molecule has 2 nitrogen and oxygen atoms in total. The number of carbonyl (C=O) groups is 1. The Morgan fingerprint density at radius 3 is 2.35 bits per heavy atom. The molecule has 4 heteroatoms. The summed E-state index contributed by atoms with van der Waals surface area (Å²) in [6, 6.07) is 5.30. The Labute approximate surface area is 111 Å². The van der Waals surface area contributed by atoms with Crippen LogP contribution in [0.15, 0.2) is 24.3 Å². The van der Waals surface area contributed by atoms with Crippen molar-refractivity contribution < 1.29 is 4.79 Å². The lowest BCUT2D eigenvalue weighted by Crippen LogP contribution is -2.25. The molecule has 90 valence electrons. The highest BCUT2D eigenvalue weighted by Gasteiger charge is 2.15. The van der Waals surface area contributed by atoms with Crippen molar-refractivity contribution in [1.82, 2.24) is 4.90 Å². The van der Waals surface area contributed by atoms with Crippen molar-refractivity contribution in [3.05, 3.63) is 39.9 Å². The molecule has 17 heavy (non-hydrogen) atoms. The normalized spacial score (nSPS) is 15.8. The van der Waals surface area contributed by atoms with Gasteiger partial charge < -0.3 is 4.90 Å². The van der Waals surface area contributed by atoms with Crippen LogP contribution in [-0.2, 0) is 4.79 Å². The molecule has 0 aromatic heterocycles. The van der Waals surface area contributed by atoms with E-state index in [0.29, 0.717) is 15.6 Å². The first kappa shape index (κ1) is 12.5. The Hall–Kier alpha value is -0.990. The van der Waals surface area contributed by atoms with Crippen LogP contribution in [0.2, 0.25) is 10.0 Å². The molecule has 0 spiro atoms. The maximum Gasteiger partial charge on any atom is 0.246 e. The van der Waals surface area contributed by atoms with Gasteiger partial charge in [0.2, 0.25) is 5.91 Å². The van der Waals surface area contributed by atoms with Crippen molar-refractivity contribution in [1.29, 1.82) is 0 Å². The van der Waals surface area contributed by atoms with E-state index < -0.39 is 0 Å². The Morgan fingerprint density at radius 2 is 1.76 bits per heavy atom. The molecular weight excluding hydrogens is 257 g/mol. The molecule has 1 heterocycles. The zero-order valence-corrected chi connectivity index (χ0v) is 10.8. The number of hydrogen-bond acceptors (Lipinski definition) is 1. The average Bonchev–Trinajstić information content (AvgIpc) is 2.81. The summed E-state index contributed by atoms with van der Waals surface area (Å²) in [5.41, 5.74) is 0.698. The van der Waals surface area contributed by atoms with Gasteiger partial charge in [-0.25, -0.2) is 0 Å². The van der Waals surface area contributed by atoms with Gasteiger partial charge in [-0.3, -0.25) is 4.79 Å². The molecular formula is C13H13Cl2NO. The molecule has 0 unspecified atom stereocenters. The summed E-state index contributed by atoms with van der Waals surface area (Å²) in [5.74, 6) is 0.0264. The van der Waals surface area contributed by atoms with Gasteiger partial charge in [0.05, 0.1) is 0 Å². The smallest absolute Gasteiger partial charge is 0.246 e. The van der Waals surface area contributed by atoms with Crippen LogP contribution >= 0.6 is 23.2 Å². The van der Waals surface area contributed by atoms with Crippen LogP contribution in [0.4, 0.5) is 0 Å². The highest BCUT2D eigenvalue weighted by Crippen LogP contribution is 2.25. The second kappa shape index (κ2) is 5.56. The number of rotatable bonds is 2. The Bertz CT molecular complexity index is 430. The SMILES string of the molecule is O=C(C=Cc1c(Cl)cccc1Cl)N1CCCC1. The van der Waals surface area contributed by atoms with Crippen molar-refractivity contribution in [3.8, 4) is 0 Å². The first-order chi connectivity index (χ1) is 8.18. The van der Waals surface area contributed by atoms with Crippen molar-refractivity contribution >= 4 is 35.2 Å². The summed E-state index contributed by atoms with van der Waals surface area (Å²) in [6.45, 7) is 1.69. The van der Waals surface area contributed by atoms with E-state index in [1.165, 1.54) is 0 Å². The van der Waals surface area contributed by atoms with E-state index >= 15 is 0 Å². The number of halogens is 2. The predicted octanol–water partition coefficient (Wildman–Crippen LogP) is 3.63. The number of likely N-dealkylation sites (tertiary alicyclic amines) is 1. The molecule has 0 saturated carbocycles. The molecule has 1 saturated heterocycles. The summed E-state index contributed by atoms with van der Waals surface area (Å²) in [5, 5.41) is 1.12. The lowest BCUT2D eigenvalue weighted by Gasteiger charge is -2.11. The number of nitrogens with zero attached hydrogens (tertiary/aromatic N) is 1. The van der Waals surface area contributed by atoms with E-state index in [1.54, 1.807) is 30.4 Å². The first-order valence-electron chi connectivity index (χ1n) is 5.59. The molecule has 1 aliphatic rings. The Balaban J connectivity index is 2.12. The molecule has 0 bridgehead atoms. The van der Waals surface area contributed by atoms with Crippen LogP contribution in [-0.4, -0.2) is 23.9 Å². The van der Waals surface area contributed by atoms with Crippen LogP contribution < -0.4 is 0 Å². The average molecular weight is 270 g/mol. The highest BCUT2D eigenvalue weighted by atomic mass is 35.5. The van der Waals surface area contributed by atoms with Crippen molar-refractivity contribution in [3.63, 3.8) is 0 Å². The van der Waals surface area contributed by atoms with Crippen LogP contribution in [0, 0.1) is 0 Å². The monoisotopic (exact) mass is 269 g/mol. The topological polar surface area (TPSA) is 20.3 Å². The molecule has 1 aliphatic heterocycles. The Morgan fingerprint density at radius 1 is 1.18 bits per heavy atom. The molecule has 0 N–H and O–H groups in total. The van der Waals surface area contributed by atoms with Gasteiger partial charge in [-0.2, -0.15) is 0 Å². The van der Waals surface area contributed by atoms with Gasteiger partial charge in [0.25, 0.3) is 0 Å². The van der Waals surface area contributed by atoms with Gasteiger partial charge in [-0.05, 0) is 31.1 Å². The van der Waals surface area contributed by atoms with E-state index in [4.69, 9.17) is 23.2 Å². The molecule has 0 radical (unpaired) electrons. The fraction of sp³-hybridized carbons (Fsp3) is 0.308. The van der Waals surface area contributed by atoms with Crippen molar-refractivity contribution in [2.24, 2.45) is 0 Å². The van der Waals surface area contributed by atoms with Gasteiger partial charge in [-0.15, -0.1) is 0 Å². The number of benzene rings is 1. The highest BCUT2D eigenvalue weighted by molar-refractivity contribution is 6.37. The molecule has 1 aromatic rings. The zero-order chi connectivity index (χ0) is 12.3. The molecule has 1 amide bonds. The van der Waals surface area contributed by atoms with E-state index in [0.717, 1.165) is 25.9 Å². The molecule has 0 aliphatic carbocycles. The minimum atomic E-state index is 0.0264. The molecule has 0 atom stereocenters. The maximum atomic E-state index is 11.8. The van der Waals surface area contributed by atoms with Crippen LogP contribution in [0.1, 0.15) is 18.4 Å². The quantitative estimate of drug-likeness (QED) is 0.751. The fourth-order valence-electron chi connectivity index (χ4n) is 1.87. The number of amides is 1. The summed E-state index contributed by atoms with van der Waals surface area (Å²) >= 11 is 12.0. The third kappa shape index (κ3) is 3.02. The molecule has 2 rings (SSSR count). The standard InChI is InChI=1S/C13H13Cl2NO/c14-11-4-3-5-12(15)10(11)6-7-13(17)16-8-1-2-9-16/h3-7H,1-2,8-9H2. The van der Waals surface area contributed by atoms with Gasteiger partial charge >= 0.3 is 0 Å². The zero-order valence-electron chi connectivity index (χ0n) is 9.33. The second-order valence-corrected chi connectivity index (χ2v) is 4.82. The van der Waals surface area contributed by atoms with E-state index in [9.17, 15) is 4.79 Å². The second-order valence-electron chi connectivity index (χ2n) is 4.00. The maximum absolute atomic E-state index is 11.8. The largest absolute Gasteiger partial charge is 0.339 e. The van der Waals surface area contributed by atoms with Crippen molar-refractivity contribution in [2.75, 3.05) is 13.1 Å². The van der Waals surface area contributed by atoms with Gasteiger partial charge in [0.15, 0.2) is 0 Å². The van der Waals surface area contributed by atoms with E-state index in [2.05, 4.69) is 0 Å². The van der Waals surface area contributed by atoms with Gasteiger partial charge in [0.1, 0.15) is 0 Å². The number of hydrogen-bond donors (Lipinski definition) is 0. The van der Waals surface area contributed by atoms with Gasteiger partial charge in [0, 0.05) is 34.8 Å². The minimum Gasteiger partial charge on any atom is -0.339 e. The Kier molecular flexibility index (Phi) is 4.08. The van der Waals surface area contributed by atoms with Gasteiger partial charge in [-0.1, -0.05) is 29.3 Å². The minimum absolute atomic E-state index is 0.0264. The first-order valence-corrected chi connectivity index (χ1v) is 6.35. The number of carbonyl (C=O) groups excluding carboxylic acids is 1. The fourth-order valence-corrected chi connectivity index (χ4v) is 2.39. The summed E-state index contributed by atoms with van der Waals surface area (Å²) in [7, 11) is 0. The lowest BCUT2D eigenvalue weighted by atomic mass is 10.2. The van der Waals surface area contributed by atoms with E-state index in [1.807, 2.05) is 4.90 Å². The third-order valence-electron chi connectivity index (χ3n) is 2.81.